The summed E-state index contributed by atoms with van der Waals surface area (Å²) in [6, 6.07) is 10.4. The Balaban J connectivity index is 2.01. The van der Waals surface area contributed by atoms with Gasteiger partial charge in [0.25, 0.3) is 11.5 Å². The molecule has 0 unspecified atom stereocenters. The number of hydrogen-bond acceptors (Lipinski definition) is 6. The van der Waals surface area contributed by atoms with Gasteiger partial charge in [-0.1, -0.05) is 12.1 Å². The topological polar surface area (TPSA) is 73.0 Å². The molecule has 0 bridgehead atoms. The van der Waals surface area contributed by atoms with Crippen LogP contribution < -0.4 is 19.9 Å². The molecule has 0 spiro atoms. The predicted octanol–water partition coefficient (Wildman–Crippen LogP) is 4.51. The Morgan fingerprint density at radius 1 is 1.03 bits per heavy atom. The Morgan fingerprint density at radius 3 is 2.37 bits per heavy atom. The summed E-state index contributed by atoms with van der Waals surface area (Å²) in [4.78, 5) is 17.7. The first-order valence-corrected chi connectivity index (χ1v) is 11.2. The first kappa shape index (κ1) is 24.9. The van der Waals surface area contributed by atoms with Gasteiger partial charge < -0.3 is 23.9 Å². The number of H-pyrrole nitrogens is 1. The van der Waals surface area contributed by atoms with E-state index in [0.29, 0.717) is 39.3 Å². The van der Waals surface area contributed by atoms with E-state index in [0.717, 1.165) is 5.56 Å². The fraction of sp³-hybridized carbons (Fsp3) is 0.400. The van der Waals surface area contributed by atoms with E-state index in [2.05, 4.69) is 4.98 Å². The van der Waals surface area contributed by atoms with Gasteiger partial charge in [0.1, 0.15) is 38.1 Å². The van der Waals surface area contributed by atoms with E-state index in [9.17, 15) is 18.0 Å². The highest BCUT2D eigenvalue weighted by Gasteiger charge is 2.50. The number of para-hydroxylation sites is 1. The zero-order valence-corrected chi connectivity index (χ0v) is 19.5. The van der Waals surface area contributed by atoms with Crippen molar-refractivity contribution in [2.45, 2.75) is 19.3 Å². The molecule has 10 heteroatoms. The van der Waals surface area contributed by atoms with Crippen LogP contribution in [0, 0.1) is 6.92 Å². The molecule has 0 radical (unpaired) electrons. The summed E-state index contributed by atoms with van der Waals surface area (Å²) in [5.41, 5.74) is 2.08. The molecule has 1 N–H and O–H groups in total. The summed E-state index contributed by atoms with van der Waals surface area (Å²) in [7, 11) is 1.55. The number of fused-ring (bicyclic) bond motifs is 3. The van der Waals surface area contributed by atoms with Crippen molar-refractivity contribution >= 4 is 22.3 Å². The molecule has 1 aromatic heterocycles. The first-order chi connectivity index (χ1) is 17.0. The van der Waals surface area contributed by atoms with Crippen LogP contribution in [0.2, 0.25) is 0 Å². The molecule has 0 amide bonds. The number of aryl methyl sites for hydroxylation is 1. The zero-order chi connectivity index (χ0) is 25.0. The van der Waals surface area contributed by atoms with Crippen molar-refractivity contribution in [1.82, 2.24) is 4.98 Å². The van der Waals surface area contributed by atoms with Gasteiger partial charge in [0.2, 0.25) is 0 Å². The van der Waals surface area contributed by atoms with E-state index in [1.54, 1.807) is 48.4 Å². The van der Waals surface area contributed by atoms with Gasteiger partial charge in [-0.15, -0.1) is 0 Å². The second-order valence-electron chi connectivity index (χ2n) is 7.95. The summed E-state index contributed by atoms with van der Waals surface area (Å²) in [6.45, 7) is -1.28. The van der Waals surface area contributed by atoms with E-state index < -0.39 is 31.5 Å². The number of ether oxygens (including phenoxy) is 4. The number of pyridine rings is 1. The Morgan fingerprint density at radius 2 is 1.74 bits per heavy atom. The molecule has 0 aliphatic carbocycles. The third kappa shape index (κ3) is 4.55. The van der Waals surface area contributed by atoms with Crippen molar-refractivity contribution in [1.29, 1.82) is 0 Å². The number of rotatable bonds is 11. The average molecular weight is 492 g/mol. The summed E-state index contributed by atoms with van der Waals surface area (Å²) >= 11 is 0. The quantitative estimate of drug-likeness (QED) is 0.397. The molecule has 1 aliphatic rings. The molecule has 0 fully saturated rings. The number of hydrogen-bond donors (Lipinski definition) is 1. The van der Waals surface area contributed by atoms with Crippen molar-refractivity contribution in [2.75, 3.05) is 51.9 Å². The van der Waals surface area contributed by atoms with Gasteiger partial charge in [-0.2, -0.15) is 0 Å². The fourth-order valence-corrected chi connectivity index (χ4v) is 4.46. The van der Waals surface area contributed by atoms with Gasteiger partial charge in [0, 0.05) is 16.6 Å². The van der Waals surface area contributed by atoms with E-state index >= 15 is 0 Å². The third-order valence-corrected chi connectivity index (χ3v) is 5.83. The number of methoxy groups -OCH3 is 1. The smallest absolute Gasteiger partial charge is 0.260 e. The molecule has 3 aromatic rings. The van der Waals surface area contributed by atoms with Gasteiger partial charge in [0.05, 0.1) is 37.9 Å². The summed E-state index contributed by atoms with van der Waals surface area (Å²) in [5.74, 6) is -0.752. The second kappa shape index (κ2) is 10.6. The number of anilines is 2. The fourth-order valence-electron chi connectivity index (χ4n) is 4.46. The Kier molecular flexibility index (Phi) is 7.51. The largest absolute Gasteiger partial charge is 0.497 e. The number of aromatic amines is 1. The SMILES string of the molecule is COc1ccc(N2c3c(c(=O)[nH]c4c(OCCF)cccc34)CC2(OCCF)OCCF)c(C)c1. The van der Waals surface area contributed by atoms with E-state index in [4.69, 9.17) is 18.9 Å². The van der Waals surface area contributed by atoms with Crippen molar-refractivity contribution in [3.05, 3.63) is 57.9 Å². The molecule has 188 valence electrons. The molecule has 7 nitrogen and oxygen atoms in total. The number of halogens is 3. The standard InChI is InChI=1S/C25H27F3N2O5/c1-16-14-17(32-2)6-7-20(16)30-23-18-4-3-5-21(33-11-8-26)22(18)29-24(31)19(23)15-25(30,34-12-9-27)35-13-10-28/h3-7,14H,8-13,15H2,1-2H3,(H,29,31). The van der Waals surface area contributed by atoms with E-state index in [1.165, 1.54) is 0 Å². The van der Waals surface area contributed by atoms with Crippen LogP contribution in [0.1, 0.15) is 11.1 Å². The monoisotopic (exact) mass is 492 g/mol. The molecule has 4 rings (SSSR count). The lowest BCUT2D eigenvalue weighted by Gasteiger charge is -2.40. The molecule has 0 saturated heterocycles. The van der Waals surface area contributed by atoms with Crippen LogP contribution in [0.3, 0.4) is 0 Å². The number of nitrogens with zero attached hydrogens (tertiary/aromatic N) is 1. The number of aromatic nitrogens is 1. The summed E-state index contributed by atoms with van der Waals surface area (Å²) in [6.07, 6.45) is -0.0748. The second-order valence-corrected chi connectivity index (χ2v) is 7.95. The first-order valence-electron chi connectivity index (χ1n) is 11.2. The molecule has 1 aliphatic heterocycles. The van der Waals surface area contributed by atoms with Crippen LogP contribution in [0.4, 0.5) is 24.5 Å². The molecule has 2 aromatic carbocycles. The maximum absolute atomic E-state index is 13.3. The van der Waals surface area contributed by atoms with Crippen molar-refractivity contribution in [3.63, 3.8) is 0 Å². The minimum Gasteiger partial charge on any atom is -0.497 e. The molecule has 0 atom stereocenters. The van der Waals surface area contributed by atoms with E-state index in [-0.39, 0.29) is 26.2 Å². The lowest BCUT2D eigenvalue weighted by molar-refractivity contribution is -0.229. The van der Waals surface area contributed by atoms with Gasteiger partial charge in [-0.25, -0.2) is 13.2 Å². The van der Waals surface area contributed by atoms with Crippen LogP contribution in [-0.2, 0) is 15.9 Å². The molecule has 0 saturated carbocycles. The summed E-state index contributed by atoms with van der Waals surface area (Å²) < 4.78 is 62.0. The lowest BCUT2D eigenvalue weighted by Crippen LogP contribution is -2.50. The van der Waals surface area contributed by atoms with Gasteiger partial charge in [0.15, 0.2) is 0 Å². The van der Waals surface area contributed by atoms with Crippen LogP contribution in [0.15, 0.2) is 41.2 Å². The normalized spacial score (nSPS) is 14.4. The van der Waals surface area contributed by atoms with Crippen molar-refractivity contribution in [2.24, 2.45) is 0 Å². The number of nitrogens with one attached hydrogen (secondary N) is 1. The van der Waals surface area contributed by atoms with Crippen LogP contribution in [-0.4, -0.2) is 57.8 Å². The molecule has 2 heterocycles. The highest BCUT2D eigenvalue weighted by Crippen LogP contribution is 2.49. The van der Waals surface area contributed by atoms with Crippen LogP contribution >= 0.6 is 0 Å². The average Bonchev–Trinajstić information content (AvgIpc) is 3.21. The maximum Gasteiger partial charge on any atom is 0.260 e. The minimum atomic E-state index is -1.67. The van der Waals surface area contributed by atoms with Gasteiger partial charge in [-0.05, 0) is 36.8 Å². The Bertz CT molecular complexity index is 1240. The molecular weight excluding hydrogens is 465 g/mol. The Hall–Kier alpha value is -3.24. The van der Waals surface area contributed by atoms with E-state index in [1.807, 2.05) is 6.92 Å². The Labute approximate surface area is 200 Å². The molecular formula is C25H27F3N2O5. The predicted molar refractivity (Wildman–Crippen MR) is 126 cm³/mol. The molecule has 35 heavy (non-hydrogen) atoms. The zero-order valence-electron chi connectivity index (χ0n) is 19.5. The highest BCUT2D eigenvalue weighted by molar-refractivity contribution is 6.00. The summed E-state index contributed by atoms with van der Waals surface area (Å²) in [5, 5.41) is 0.584. The number of alkyl halides is 3. The lowest BCUT2D eigenvalue weighted by atomic mass is 10.1. The van der Waals surface area contributed by atoms with Crippen LogP contribution in [0.5, 0.6) is 11.5 Å². The minimum absolute atomic E-state index is 0.0748. The number of benzene rings is 2. The van der Waals surface area contributed by atoms with Gasteiger partial charge >= 0.3 is 0 Å². The van der Waals surface area contributed by atoms with Crippen molar-refractivity contribution < 1.29 is 32.1 Å². The van der Waals surface area contributed by atoms with Crippen LogP contribution in [0.25, 0.3) is 10.9 Å². The van der Waals surface area contributed by atoms with Gasteiger partial charge in [-0.3, -0.25) is 9.69 Å². The van der Waals surface area contributed by atoms with Crippen molar-refractivity contribution in [3.8, 4) is 11.5 Å². The maximum atomic E-state index is 13.3. The highest BCUT2D eigenvalue weighted by atomic mass is 19.1. The third-order valence-electron chi connectivity index (χ3n) is 5.83.